The first-order valence-corrected chi connectivity index (χ1v) is 9.09. The molecule has 0 unspecified atom stereocenters. The molecule has 1 aromatic carbocycles. The lowest BCUT2D eigenvalue weighted by Gasteiger charge is -2.10. The SMILES string of the molecule is CCOc1cccc(OCCCNC(=O)Cn2cnc3cnccc3c2=O)c1. The minimum absolute atomic E-state index is 0.0820. The fraction of sp³-hybridized carbons (Fsp3) is 0.300. The Morgan fingerprint density at radius 2 is 2.04 bits per heavy atom. The number of pyridine rings is 1. The van der Waals surface area contributed by atoms with Crippen molar-refractivity contribution in [1.82, 2.24) is 19.9 Å². The smallest absolute Gasteiger partial charge is 0.261 e. The van der Waals surface area contributed by atoms with E-state index in [1.165, 1.54) is 23.3 Å². The van der Waals surface area contributed by atoms with Gasteiger partial charge in [0.15, 0.2) is 0 Å². The number of aromatic nitrogens is 3. The minimum atomic E-state index is -0.264. The molecule has 2 aromatic heterocycles. The molecule has 0 atom stereocenters. The maximum Gasteiger partial charge on any atom is 0.261 e. The van der Waals surface area contributed by atoms with Crippen LogP contribution in [0.3, 0.4) is 0 Å². The third kappa shape index (κ3) is 5.06. The summed E-state index contributed by atoms with van der Waals surface area (Å²) in [5.41, 5.74) is 0.245. The molecule has 8 heteroatoms. The summed E-state index contributed by atoms with van der Waals surface area (Å²) in [6, 6.07) is 9.02. The van der Waals surface area contributed by atoms with Crippen molar-refractivity contribution in [3.8, 4) is 11.5 Å². The van der Waals surface area contributed by atoms with E-state index in [1.54, 1.807) is 6.07 Å². The number of carbonyl (C=O) groups is 1. The topological polar surface area (TPSA) is 95.3 Å². The predicted octanol–water partition coefficient (Wildman–Crippen LogP) is 1.78. The zero-order valence-electron chi connectivity index (χ0n) is 15.6. The molecule has 0 saturated heterocycles. The van der Waals surface area contributed by atoms with Gasteiger partial charge in [-0.2, -0.15) is 0 Å². The largest absolute Gasteiger partial charge is 0.494 e. The summed E-state index contributed by atoms with van der Waals surface area (Å²) in [5, 5.41) is 3.22. The molecule has 1 N–H and O–H groups in total. The van der Waals surface area contributed by atoms with E-state index in [2.05, 4.69) is 15.3 Å². The van der Waals surface area contributed by atoms with Gasteiger partial charge in [-0.05, 0) is 31.5 Å². The van der Waals surface area contributed by atoms with E-state index in [0.717, 1.165) is 11.5 Å². The Morgan fingerprint density at radius 3 is 2.86 bits per heavy atom. The van der Waals surface area contributed by atoms with Gasteiger partial charge in [-0.25, -0.2) is 4.98 Å². The Morgan fingerprint density at radius 1 is 1.21 bits per heavy atom. The van der Waals surface area contributed by atoms with Crippen LogP contribution in [0, 0.1) is 0 Å². The molecule has 0 aliphatic heterocycles. The van der Waals surface area contributed by atoms with E-state index in [-0.39, 0.29) is 18.0 Å². The molecule has 3 rings (SSSR count). The lowest BCUT2D eigenvalue weighted by molar-refractivity contribution is -0.121. The highest BCUT2D eigenvalue weighted by atomic mass is 16.5. The van der Waals surface area contributed by atoms with E-state index >= 15 is 0 Å². The van der Waals surface area contributed by atoms with Gasteiger partial charge in [0.2, 0.25) is 5.91 Å². The summed E-state index contributed by atoms with van der Waals surface area (Å²) in [5.74, 6) is 1.23. The number of hydrogen-bond donors (Lipinski definition) is 1. The van der Waals surface area contributed by atoms with Crippen LogP contribution in [0.4, 0.5) is 0 Å². The number of hydrogen-bond acceptors (Lipinski definition) is 6. The average Bonchev–Trinajstić information content (AvgIpc) is 2.71. The molecule has 0 spiro atoms. The molecular formula is C20H22N4O4. The van der Waals surface area contributed by atoms with Crippen molar-refractivity contribution in [2.45, 2.75) is 19.9 Å². The summed E-state index contributed by atoms with van der Waals surface area (Å²) in [6.07, 6.45) is 5.05. The first-order chi connectivity index (χ1) is 13.7. The first-order valence-electron chi connectivity index (χ1n) is 9.09. The molecule has 8 nitrogen and oxygen atoms in total. The number of nitrogens with zero attached hydrogens (tertiary/aromatic N) is 3. The predicted molar refractivity (Wildman–Crippen MR) is 105 cm³/mol. The number of ether oxygens (including phenoxy) is 2. The third-order valence-electron chi connectivity index (χ3n) is 3.97. The number of nitrogens with one attached hydrogen (secondary N) is 1. The van der Waals surface area contributed by atoms with Gasteiger partial charge < -0.3 is 14.8 Å². The highest BCUT2D eigenvalue weighted by Gasteiger charge is 2.08. The summed E-state index contributed by atoms with van der Waals surface area (Å²) in [7, 11) is 0. The van der Waals surface area contributed by atoms with Gasteiger partial charge >= 0.3 is 0 Å². The van der Waals surface area contributed by atoms with Gasteiger partial charge in [0, 0.05) is 18.8 Å². The van der Waals surface area contributed by atoms with Gasteiger partial charge in [0.25, 0.3) is 5.56 Å². The van der Waals surface area contributed by atoms with Crippen LogP contribution in [0.1, 0.15) is 13.3 Å². The Kier molecular flexibility index (Phi) is 6.56. The monoisotopic (exact) mass is 382 g/mol. The van der Waals surface area contributed by atoms with Crippen molar-refractivity contribution < 1.29 is 14.3 Å². The molecule has 0 radical (unpaired) electrons. The van der Waals surface area contributed by atoms with E-state index in [0.29, 0.717) is 37.1 Å². The number of benzene rings is 1. The number of rotatable bonds is 9. The summed E-state index contributed by atoms with van der Waals surface area (Å²) >= 11 is 0. The van der Waals surface area contributed by atoms with Gasteiger partial charge in [-0.3, -0.25) is 19.1 Å². The van der Waals surface area contributed by atoms with Crippen molar-refractivity contribution in [2.75, 3.05) is 19.8 Å². The van der Waals surface area contributed by atoms with Crippen LogP contribution >= 0.6 is 0 Å². The summed E-state index contributed by atoms with van der Waals surface area (Å²) in [4.78, 5) is 32.5. The molecule has 0 saturated carbocycles. The molecule has 3 aromatic rings. The fourth-order valence-corrected chi connectivity index (χ4v) is 2.64. The van der Waals surface area contributed by atoms with Crippen LogP contribution in [0.5, 0.6) is 11.5 Å². The second-order valence-corrected chi connectivity index (χ2v) is 6.03. The first kappa shape index (κ1) is 19.3. The van der Waals surface area contributed by atoms with Crippen molar-refractivity contribution in [3.05, 3.63) is 59.4 Å². The van der Waals surface area contributed by atoms with Crippen LogP contribution < -0.4 is 20.3 Å². The maximum absolute atomic E-state index is 12.4. The molecule has 0 bridgehead atoms. The minimum Gasteiger partial charge on any atom is -0.494 e. The Hall–Kier alpha value is -3.42. The van der Waals surface area contributed by atoms with Gasteiger partial charge in [-0.15, -0.1) is 0 Å². The maximum atomic E-state index is 12.4. The van der Waals surface area contributed by atoms with Crippen LogP contribution in [0.2, 0.25) is 0 Å². The number of carbonyl (C=O) groups excluding carboxylic acids is 1. The molecule has 1 amide bonds. The normalized spacial score (nSPS) is 10.6. The quantitative estimate of drug-likeness (QED) is 0.567. The van der Waals surface area contributed by atoms with Crippen molar-refractivity contribution >= 4 is 16.8 Å². The summed E-state index contributed by atoms with van der Waals surface area (Å²) in [6.45, 7) is 3.35. The lowest BCUT2D eigenvalue weighted by Crippen LogP contribution is -2.33. The van der Waals surface area contributed by atoms with Gasteiger partial charge in [0.05, 0.1) is 36.6 Å². The van der Waals surface area contributed by atoms with Gasteiger partial charge in [0.1, 0.15) is 18.0 Å². The fourth-order valence-electron chi connectivity index (χ4n) is 2.64. The molecule has 0 aliphatic carbocycles. The second kappa shape index (κ2) is 9.50. The molecular weight excluding hydrogens is 360 g/mol. The Labute approximate surface area is 162 Å². The summed E-state index contributed by atoms with van der Waals surface area (Å²) < 4.78 is 12.4. The van der Waals surface area contributed by atoms with Crippen LogP contribution in [-0.2, 0) is 11.3 Å². The third-order valence-corrected chi connectivity index (χ3v) is 3.97. The van der Waals surface area contributed by atoms with Gasteiger partial charge in [-0.1, -0.05) is 6.07 Å². The van der Waals surface area contributed by atoms with Crippen molar-refractivity contribution in [3.63, 3.8) is 0 Å². The molecule has 0 aliphatic rings. The number of fused-ring (bicyclic) bond motifs is 1. The standard InChI is InChI=1S/C20H22N4O4/c1-2-27-15-5-3-6-16(11-15)28-10-4-8-22-19(25)13-24-14-23-18-12-21-9-7-17(18)20(24)26/h3,5-7,9,11-12,14H,2,4,8,10,13H2,1H3,(H,22,25). The number of amides is 1. The molecule has 146 valence electrons. The molecule has 2 heterocycles. The highest BCUT2D eigenvalue weighted by Crippen LogP contribution is 2.19. The highest BCUT2D eigenvalue weighted by molar-refractivity contribution is 5.78. The van der Waals surface area contributed by atoms with E-state index in [4.69, 9.17) is 9.47 Å². The van der Waals surface area contributed by atoms with Crippen LogP contribution in [-0.4, -0.2) is 40.2 Å². The van der Waals surface area contributed by atoms with E-state index in [1.807, 2.05) is 31.2 Å². The van der Waals surface area contributed by atoms with Crippen LogP contribution in [0.15, 0.2) is 53.8 Å². The Balaban J connectivity index is 1.43. The second-order valence-electron chi connectivity index (χ2n) is 6.03. The molecule has 0 fully saturated rings. The zero-order valence-corrected chi connectivity index (χ0v) is 15.6. The lowest BCUT2D eigenvalue weighted by atomic mass is 10.3. The van der Waals surface area contributed by atoms with E-state index < -0.39 is 0 Å². The Bertz CT molecular complexity index is 1000. The molecule has 28 heavy (non-hydrogen) atoms. The zero-order chi connectivity index (χ0) is 19.8. The van der Waals surface area contributed by atoms with Crippen molar-refractivity contribution in [2.24, 2.45) is 0 Å². The average molecular weight is 382 g/mol. The van der Waals surface area contributed by atoms with Crippen molar-refractivity contribution in [1.29, 1.82) is 0 Å². The van der Waals surface area contributed by atoms with Crippen LogP contribution in [0.25, 0.3) is 10.9 Å². The van der Waals surface area contributed by atoms with E-state index in [9.17, 15) is 9.59 Å².